The standard InChI is InChI=1S/C29H42N4O6S/c1-16(2)14-31-40(36,37)24-12-19-22(32-26(34)38-28(3,4)5)13-23(33-27(35)39-29(6,7)8)25(19)20-15-30-21(11-18(20)24)17-9-10-17/h11-12,15-17,22-23,31H,9-10,13-14H2,1-8H3,(H,32,34)(H,33,35)/t22-,23+/m1/s1. The zero-order valence-electron chi connectivity index (χ0n) is 24.7. The van der Waals surface area contributed by atoms with E-state index in [2.05, 4.69) is 20.3 Å². The molecule has 11 heteroatoms. The third kappa shape index (κ3) is 7.23. The molecule has 3 N–H and O–H groups in total. The molecule has 4 rings (SSSR count). The molecule has 0 unspecified atom stereocenters. The van der Waals surface area contributed by atoms with Gasteiger partial charge in [-0.05, 0) is 90.0 Å². The predicted molar refractivity (Wildman–Crippen MR) is 153 cm³/mol. The zero-order chi connectivity index (χ0) is 29.6. The Bertz CT molecular complexity index is 1400. The first-order valence-electron chi connectivity index (χ1n) is 13.9. The maximum atomic E-state index is 13.6. The molecule has 2 amide bonds. The first-order chi connectivity index (χ1) is 18.4. The van der Waals surface area contributed by atoms with E-state index in [4.69, 9.17) is 9.47 Å². The van der Waals surface area contributed by atoms with Crippen molar-refractivity contribution in [2.24, 2.45) is 5.92 Å². The molecule has 1 heterocycles. The van der Waals surface area contributed by atoms with E-state index in [1.165, 1.54) is 0 Å². The van der Waals surface area contributed by atoms with Crippen LogP contribution in [0.2, 0.25) is 0 Å². The Kier molecular flexibility index (Phi) is 8.12. The maximum absolute atomic E-state index is 13.6. The number of hydrogen-bond donors (Lipinski definition) is 3. The van der Waals surface area contributed by atoms with Gasteiger partial charge in [0.2, 0.25) is 10.0 Å². The van der Waals surface area contributed by atoms with Gasteiger partial charge in [0.15, 0.2) is 0 Å². The molecular weight excluding hydrogens is 532 g/mol. The second-order valence-electron chi connectivity index (χ2n) is 13.2. The highest BCUT2D eigenvalue weighted by Gasteiger charge is 2.39. The number of fused-ring (bicyclic) bond motifs is 3. The number of carbonyl (C=O) groups excluding carboxylic acids is 2. The molecule has 0 radical (unpaired) electrons. The number of ether oxygens (including phenoxy) is 2. The second kappa shape index (κ2) is 10.8. The number of amides is 2. The highest BCUT2D eigenvalue weighted by atomic mass is 32.2. The van der Waals surface area contributed by atoms with Gasteiger partial charge in [-0.3, -0.25) is 4.98 Å². The molecule has 10 nitrogen and oxygen atoms in total. The van der Waals surface area contributed by atoms with Gasteiger partial charge in [0.1, 0.15) is 11.2 Å². The number of pyridine rings is 1. The molecule has 0 saturated heterocycles. The molecule has 1 aromatic carbocycles. The summed E-state index contributed by atoms with van der Waals surface area (Å²) < 4.78 is 41.0. The number of hydrogen-bond acceptors (Lipinski definition) is 7. The first kappa shape index (κ1) is 30.0. The fraction of sp³-hybridized carbons (Fsp3) is 0.621. The molecule has 40 heavy (non-hydrogen) atoms. The van der Waals surface area contributed by atoms with Crippen molar-refractivity contribution in [3.8, 4) is 0 Å². The average molecular weight is 575 g/mol. The Morgan fingerprint density at radius 3 is 2.05 bits per heavy atom. The lowest BCUT2D eigenvalue weighted by atomic mass is 9.98. The van der Waals surface area contributed by atoms with Gasteiger partial charge in [0.05, 0.1) is 17.0 Å². The van der Waals surface area contributed by atoms with E-state index < -0.39 is 45.5 Å². The minimum Gasteiger partial charge on any atom is -0.444 e. The Labute approximate surface area is 237 Å². The Morgan fingerprint density at radius 1 is 0.950 bits per heavy atom. The topological polar surface area (TPSA) is 136 Å². The smallest absolute Gasteiger partial charge is 0.408 e. The number of carbonyl (C=O) groups is 2. The molecular formula is C29H42N4O6S. The number of nitrogens with one attached hydrogen (secondary N) is 3. The largest absolute Gasteiger partial charge is 0.444 e. The predicted octanol–water partition coefficient (Wildman–Crippen LogP) is 5.58. The molecule has 0 bridgehead atoms. The summed E-state index contributed by atoms with van der Waals surface area (Å²) in [6, 6.07) is 2.31. The summed E-state index contributed by atoms with van der Waals surface area (Å²) in [5, 5.41) is 6.98. The summed E-state index contributed by atoms with van der Waals surface area (Å²) in [6.07, 6.45) is 2.78. The lowest BCUT2D eigenvalue weighted by Crippen LogP contribution is -2.36. The van der Waals surface area contributed by atoms with E-state index >= 15 is 0 Å². The average Bonchev–Trinajstić information content (AvgIpc) is 3.58. The summed E-state index contributed by atoms with van der Waals surface area (Å²) in [7, 11) is -3.90. The summed E-state index contributed by atoms with van der Waals surface area (Å²) in [4.78, 5) is 30.4. The summed E-state index contributed by atoms with van der Waals surface area (Å²) in [5.74, 6) is 0.428. The van der Waals surface area contributed by atoms with Crippen LogP contribution in [-0.2, 0) is 19.5 Å². The number of benzene rings is 1. The molecule has 0 spiro atoms. The quantitative estimate of drug-likeness (QED) is 0.393. The van der Waals surface area contributed by atoms with Crippen molar-refractivity contribution >= 4 is 33.0 Å². The number of rotatable bonds is 7. The number of aromatic nitrogens is 1. The molecule has 0 aliphatic heterocycles. The van der Waals surface area contributed by atoms with Crippen molar-refractivity contribution in [3.05, 3.63) is 35.2 Å². The van der Waals surface area contributed by atoms with Crippen LogP contribution in [-0.4, -0.2) is 43.3 Å². The highest BCUT2D eigenvalue weighted by molar-refractivity contribution is 7.89. The molecule has 1 fully saturated rings. The van der Waals surface area contributed by atoms with Crippen molar-refractivity contribution in [1.29, 1.82) is 0 Å². The molecule has 1 aromatic heterocycles. The van der Waals surface area contributed by atoms with Crippen LogP contribution in [0.3, 0.4) is 0 Å². The van der Waals surface area contributed by atoms with Gasteiger partial charge in [-0.1, -0.05) is 13.8 Å². The Hall–Kier alpha value is -2.92. The van der Waals surface area contributed by atoms with E-state index in [0.29, 0.717) is 27.8 Å². The van der Waals surface area contributed by atoms with Crippen LogP contribution in [0.15, 0.2) is 23.2 Å². The van der Waals surface area contributed by atoms with Gasteiger partial charge < -0.3 is 20.1 Å². The Morgan fingerprint density at radius 2 is 1.52 bits per heavy atom. The van der Waals surface area contributed by atoms with Gasteiger partial charge in [-0.25, -0.2) is 22.7 Å². The fourth-order valence-corrected chi connectivity index (χ4v) is 6.29. The molecule has 2 atom stereocenters. The van der Waals surface area contributed by atoms with E-state index in [1.54, 1.807) is 53.8 Å². The third-order valence-corrected chi connectivity index (χ3v) is 8.09. The van der Waals surface area contributed by atoms with Gasteiger partial charge in [0.25, 0.3) is 0 Å². The lowest BCUT2D eigenvalue weighted by molar-refractivity contribution is 0.0492. The monoisotopic (exact) mass is 574 g/mol. The minimum absolute atomic E-state index is 0.114. The van der Waals surface area contributed by atoms with Crippen molar-refractivity contribution in [3.63, 3.8) is 0 Å². The van der Waals surface area contributed by atoms with Gasteiger partial charge in [0, 0.05) is 35.1 Å². The molecule has 220 valence electrons. The highest BCUT2D eigenvalue weighted by Crippen LogP contribution is 2.47. The summed E-state index contributed by atoms with van der Waals surface area (Å²) in [6.45, 7) is 14.8. The fourth-order valence-electron chi connectivity index (χ4n) is 4.85. The summed E-state index contributed by atoms with van der Waals surface area (Å²) >= 11 is 0. The van der Waals surface area contributed by atoms with Crippen LogP contribution in [0, 0.1) is 5.92 Å². The van der Waals surface area contributed by atoms with Crippen LogP contribution >= 0.6 is 0 Å². The summed E-state index contributed by atoms with van der Waals surface area (Å²) in [5.41, 5.74) is 0.722. The van der Waals surface area contributed by atoms with Gasteiger partial charge >= 0.3 is 12.2 Å². The third-order valence-electron chi connectivity index (χ3n) is 6.62. The van der Waals surface area contributed by atoms with Crippen molar-refractivity contribution in [2.75, 3.05) is 6.54 Å². The van der Waals surface area contributed by atoms with E-state index in [0.717, 1.165) is 18.5 Å². The first-order valence-corrected chi connectivity index (χ1v) is 15.4. The lowest BCUT2D eigenvalue weighted by Gasteiger charge is -2.23. The number of sulfonamides is 1. The second-order valence-corrected chi connectivity index (χ2v) is 14.9. The molecule has 2 aliphatic carbocycles. The molecule has 2 aromatic rings. The maximum Gasteiger partial charge on any atom is 0.408 e. The van der Waals surface area contributed by atoms with Gasteiger partial charge in [-0.15, -0.1) is 0 Å². The van der Waals surface area contributed by atoms with Crippen LogP contribution in [0.25, 0.3) is 10.8 Å². The molecule has 1 saturated carbocycles. The van der Waals surface area contributed by atoms with Crippen LogP contribution in [0.5, 0.6) is 0 Å². The van der Waals surface area contributed by atoms with E-state index in [-0.39, 0.29) is 23.8 Å². The number of nitrogens with zero attached hydrogens (tertiary/aromatic N) is 1. The Balaban J connectivity index is 1.85. The number of alkyl carbamates (subject to hydrolysis) is 2. The van der Waals surface area contributed by atoms with Crippen molar-refractivity contribution in [2.45, 2.75) is 109 Å². The minimum atomic E-state index is -3.90. The van der Waals surface area contributed by atoms with Crippen LogP contribution < -0.4 is 15.4 Å². The van der Waals surface area contributed by atoms with Crippen molar-refractivity contribution in [1.82, 2.24) is 20.3 Å². The zero-order valence-corrected chi connectivity index (χ0v) is 25.5. The van der Waals surface area contributed by atoms with Gasteiger partial charge in [-0.2, -0.15) is 0 Å². The van der Waals surface area contributed by atoms with E-state index in [9.17, 15) is 18.0 Å². The SMILES string of the molecule is CC(C)CNS(=O)(=O)c1cc2c(c3cnc(C4CC4)cc13)[C@@H](NC(=O)OC(C)(C)C)C[C@H]2NC(=O)OC(C)(C)C. The van der Waals surface area contributed by atoms with Crippen LogP contribution in [0.1, 0.15) is 109 Å². The van der Waals surface area contributed by atoms with Crippen molar-refractivity contribution < 1.29 is 27.5 Å². The molecule has 2 aliphatic rings. The van der Waals surface area contributed by atoms with E-state index in [1.807, 2.05) is 19.9 Å². The van der Waals surface area contributed by atoms with Crippen LogP contribution in [0.4, 0.5) is 9.59 Å². The normalized spacial score (nSPS) is 19.4.